The van der Waals surface area contributed by atoms with E-state index < -0.39 is 0 Å². The first-order valence-electron chi connectivity index (χ1n) is 6.86. The van der Waals surface area contributed by atoms with Crippen LogP contribution in [0.3, 0.4) is 0 Å². The van der Waals surface area contributed by atoms with Crippen molar-refractivity contribution in [1.82, 2.24) is 10.2 Å². The molecule has 2 rings (SSSR count). The summed E-state index contributed by atoms with van der Waals surface area (Å²) >= 11 is 0. The van der Waals surface area contributed by atoms with Gasteiger partial charge in [0.1, 0.15) is 0 Å². The molecule has 0 aromatic carbocycles. The molecule has 1 N–H and O–H groups in total. The molecule has 98 valence electrons. The van der Waals surface area contributed by atoms with Gasteiger partial charge < -0.3 is 15.0 Å². The molecule has 2 fully saturated rings. The topological polar surface area (TPSA) is 41.6 Å². The van der Waals surface area contributed by atoms with E-state index in [0.717, 1.165) is 38.9 Å². The standard InChI is InChI=1S/C13H24N2O2/c1-17-11-9-12(14-10-11)13(16)15-7-5-3-2-4-6-8-15/h11-12,14H,2-10H2,1H3. The molecular weight excluding hydrogens is 216 g/mol. The minimum absolute atomic E-state index is 0.0145. The molecule has 0 bridgehead atoms. The summed E-state index contributed by atoms with van der Waals surface area (Å²) in [7, 11) is 1.72. The Balaban J connectivity index is 1.85. The Hall–Kier alpha value is -0.610. The number of likely N-dealkylation sites (tertiary alicyclic amines) is 1. The number of hydrogen-bond donors (Lipinski definition) is 1. The second-order valence-corrected chi connectivity index (χ2v) is 5.15. The normalized spacial score (nSPS) is 31.0. The summed E-state index contributed by atoms with van der Waals surface area (Å²) < 4.78 is 5.29. The van der Waals surface area contributed by atoms with Crippen molar-refractivity contribution in [3.05, 3.63) is 0 Å². The Morgan fingerprint density at radius 1 is 1.18 bits per heavy atom. The van der Waals surface area contributed by atoms with Gasteiger partial charge in [0.05, 0.1) is 12.1 Å². The lowest BCUT2D eigenvalue weighted by Gasteiger charge is -2.27. The fourth-order valence-corrected chi connectivity index (χ4v) is 2.76. The Bertz CT molecular complexity index is 250. The number of nitrogens with zero attached hydrogens (tertiary/aromatic N) is 1. The number of amides is 1. The van der Waals surface area contributed by atoms with E-state index in [0.29, 0.717) is 0 Å². The van der Waals surface area contributed by atoms with Crippen LogP contribution in [0.15, 0.2) is 0 Å². The predicted octanol–water partition coefficient (Wildman–Crippen LogP) is 1.16. The third kappa shape index (κ3) is 3.42. The quantitative estimate of drug-likeness (QED) is 0.787. The largest absolute Gasteiger partial charge is 0.380 e. The van der Waals surface area contributed by atoms with E-state index in [9.17, 15) is 4.79 Å². The van der Waals surface area contributed by atoms with Gasteiger partial charge in [-0.3, -0.25) is 4.79 Å². The maximum Gasteiger partial charge on any atom is 0.239 e. The van der Waals surface area contributed by atoms with Crippen LogP contribution in [0.4, 0.5) is 0 Å². The molecule has 0 aromatic heterocycles. The molecule has 2 aliphatic heterocycles. The molecule has 0 aromatic rings. The maximum atomic E-state index is 12.3. The number of hydrogen-bond acceptors (Lipinski definition) is 3. The van der Waals surface area contributed by atoms with E-state index in [1.165, 1.54) is 19.3 Å². The van der Waals surface area contributed by atoms with Crippen LogP contribution in [0.2, 0.25) is 0 Å². The molecule has 17 heavy (non-hydrogen) atoms. The summed E-state index contributed by atoms with van der Waals surface area (Å²) in [4.78, 5) is 14.4. The minimum atomic E-state index is -0.0145. The van der Waals surface area contributed by atoms with Gasteiger partial charge in [0.25, 0.3) is 0 Å². The van der Waals surface area contributed by atoms with Crippen molar-refractivity contribution in [2.45, 2.75) is 50.7 Å². The van der Waals surface area contributed by atoms with Crippen LogP contribution in [0.5, 0.6) is 0 Å². The summed E-state index contributed by atoms with van der Waals surface area (Å²) in [5, 5.41) is 3.27. The SMILES string of the molecule is COC1CNC(C(=O)N2CCCCCCC2)C1. The lowest BCUT2D eigenvalue weighted by Crippen LogP contribution is -2.44. The number of methoxy groups -OCH3 is 1. The molecule has 4 heteroatoms. The zero-order valence-electron chi connectivity index (χ0n) is 10.8. The molecule has 2 unspecified atom stereocenters. The highest BCUT2D eigenvalue weighted by Gasteiger charge is 2.32. The van der Waals surface area contributed by atoms with Crippen LogP contribution >= 0.6 is 0 Å². The zero-order valence-corrected chi connectivity index (χ0v) is 10.8. The van der Waals surface area contributed by atoms with E-state index >= 15 is 0 Å². The van der Waals surface area contributed by atoms with Crippen LogP contribution in [0.25, 0.3) is 0 Å². The first kappa shape index (κ1) is 12.8. The molecule has 1 amide bonds. The summed E-state index contributed by atoms with van der Waals surface area (Å²) in [6, 6.07) is -0.0145. The van der Waals surface area contributed by atoms with Gasteiger partial charge in [-0.25, -0.2) is 0 Å². The van der Waals surface area contributed by atoms with Crippen LogP contribution in [0, 0.1) is 0 Å². The Morgan fingerprint density at radius 2 is 1.82 bits per heavy atom. The van der Waals surface area contributed by atoms with E-state index in [-0.39, 0.29) is 18.1 Å². The van der Waals surface area contributed by atoms with Gasteiger partial charge >= 0.3 is 0 Å². The van der Waals surface area contributed by atoms with Gasteiger partial charge in [-0.15, -0.1) is 0 Å². The van der Waals surface area contributed by atoms with Gasteiger partial charge in [0.15, 0.2) is 0 Å². The Morgan fingerprint density at radius 3 is 2.41 bits per heavy atom. The van der Waals surface area contributed by atoms with E-state index in [1.807, 2.05) is 0 Å². The van der Waals surface area contributed by atoms with Gasteiger partial charge in [-0.1, -0.05) is 19.3 Å². The average molecular weight is 240 g/mol. The molecule has 2 atom stereocenters. The van der Waals surface area contributed by atoms with Gasteiger partial charge in [0, 0.05) is 26.7 Å². The molecule has 2 aliphatic rings. The second kappa shape index (κ2) is 6.36. The minimum Gasteiger partial charge on any atom is -0.380 e. The fourth-order valence-electron chi connectivity index (χ4n) is 2.76. The van der Waals surface area contributed by atoms with Crippen molar-refractivity contribution in [2.24, 2.45) is 0 Å². The van der Waals surface area contributed by atoms with Crippen LogP contribution in [-0.4, -0.2) is 49.7 Å². The highest BCUT2D eigenvalue weighted by Crippen LogP contribution is 2.15. The van der Waals surface area contributed by atoms with Crippen molar-refractivity contribution in [2.75, 3.05) is 26.7 Å². The third-order valence-electron chi connectivity index (χ3n) is 3.89. The van der Waals surface area contributed by atoms with Crippen molar-refractivity contribution >= 4 is 5.91 Å². The van der Waals surface area contributed by atoms with Gasteiger partial charge in [-0.05, 0) is 19.3 Å². The molecule has 2 heterocycles. The Labute approximate surface area is 104 Å². The molecule has 0 spiro atoms. The third-order valence-corrected chi connectivity index (χ3v) is 3.89. The fraction of sp³-hybridized carbons (Fsp3) is 0.923. The van der Waals surface area contributed by atoms with Crippen molar-refractivity contribution in [3.63, 3.8) is 0 Å². The first-order chi connectivity index (χ1) is 8.31. The summed E-state index contributed by atoms with van der Waals surface area (Å²) in [5.41, 5.74) is 0. The lowest BCUT2D eigenvalue weighted by atomic mass is 10.1. The highest BCUT2D eigenvalue weighted by molar-refractivity contribution is 5.82. The van der Waals surface area contributed by atoms with Crippen LogP contribution in [0.1, 0.15) is 38.5 Å². The average Bonchev–Trinajstić information content (AvgIpc) is 2.76. The molecule has 0 aliphatic carbocycles. The zero-order chi connectivity index (χ0) is 12.1. The maximum absolute atomic E-state index is 12.3. The molecule has 0 radical (unpaired) electrons. The van der Waals surface area contributed by atoms with Crippen molar-refractivity contribution in [3.8, 4) is 0 Å². The van der Waals surface area contributed by atoms with E-state index in [2.05, 4.69) is 10.2 Å². The monoisotopic (exact) mass is 240 g/mol. The summed E-state index contributed by atoms with van der Waals surface area (Å²) in [6.07, 6.45) is 7.21. The molecule has 4 nitrogen and oxygen atoms in total. The van der Waals surface area contributed by atoms with E-state index in [4.69, 9.17) is 4.74 Å². The number of nitrogens with one attached hydrogen (secondary N) is 1. The number of rotatable bonds is 2. The number of carbonyl (C=O) groups excluding carboxylic acids is 1. The summed E-state index contributed by atoms with van der Waals surface area (Å²) in [6.45, 7) is 2.68. The molecule has 0 saturated carbocycles. The number of carbonyl (C=O) groups is 1. The van der Waals surface area contributed by atoms with Gasteiger partial charge in [-0.2, -0.15) is 0 Å². The van der Waals surface area contributed by atoms with Gasteiger partial charge in [0.2, 0.25) is 5.91 Å². The number of ether oxygens (including phenoxy) is 1. The van der Waals surface area contributed by atoms with Crippen molar-refractivity contribution < 1.29 is 9.53 Å². The van der Waals surface area contributed by atoms with E-state index in [1.54, 1.807) is 7.11 Å². The Kier molecular flexibility index (Phi) is 4.80. The summed E-state index contributed by atoms with van der Waals surface area (Å²) in [5.74, 6) is 0.284. The lowest BCUT2D eigenvalue weighted by molar-refractivity contribution is -0.133. The molecule has 2 saturated heterocycles. The van der Waals surface area contributed by atoms with Crippen LogP contribution in [-0.2, 0) is 9.53 Å². The van der Waals surface area contributed by atoms with Crippen molar-refractivity contribution in [1.29, 1.82) is 0 Å². The predicted molar refractivity (Wildman–Crippen MR) is 66.9 cm³/mol. The first-order valence-corrected chi connectivity index (χ1v) is 6.86. The molecular formula is C13H24N2O2. The highest BCUT2D eigenvalue weighted by atomic mass is 16.5. The smallest absolute Gasteiger partial charge is 0.239 e. The van der Waals surface area contributed by atoms with Crippen LogP contribution < -0.4 is 5.32 Å². The second-order valence-electron chi connectivity index (χ2n) is 5.15.